The first kappa shape index (κ1) is 38.3. The minimum absolute atomic E-state index is 0.116. The standard InChI is InChI=1S/C14H16N4.C10H14O.C7H14O2.C4H10/c1-10(2)17-11(3)14-12(4)18(9-16-14)13-5-7-15-8-6-13;1-2-3-4-9-5-7-10(11)8-6-9;1-3-5-6(4-2)7(8)9;1-3-4-2/h5-9H,4H2,1-3H3;5-8,11H,2-4H2,1H3;6H,3-5H2,1-2H3,(H,8,9);3-4H2,1-2H3/b14-11+;;;. The Hall–Kier alpha value is -3.74. The van der Waals surface area contributed by atoms with E-state index in [1.165, 1.54) is 31.2 Å². The van der Waals surface area contributed by atoms with Gasteiger partial charge in [0.2, 0.25) is 0 Å². The highest BCUT2D eigenvalue weighted by atomic mass is 16.4. The van der Waals surface area contributed by atoms with E-state index in [-0.39, 0.29) is 5.92 Å². The van der Waals surface area contributed by atoms with E-state index in [1.54, 1.807) is 30.9 Å². The Balaban J connectivity index is 0.000000602. The Morgan fingerprint density at radius 1 is 0.929 bits per heavy atom. The van der Waals surface area contributed by atoms with Crippen molar-refractivity contribution in [1.82, 2.24) is 14.5 Å². The number of unbranched alkanes of at least 4 members (excludes halogenated alkanes) is 2. The van der Waals surface area contributed by atoms with Gasteiger partial charge in [-0.05, 0) is 76.3 Å². The number of imidazole rings is 1. The van der Waals surface area contributed by atoms with Crippen molar-refractivity contribution in [3.63, 3.8) is 0 Å². The van der Waals surface area contributed by atoms with Crippen molar-refractivity contribution in [3.05, 3.63) is 71.4 Å². The highest BCUT2D eigenvalue weighted by molar-refractivity contribution is 5.82. The van der Waals surface area contributed by atoms with Crippen molar-refractivity contribution in [1.29, 1.82) is 0 Å². The molecule has 0 aliphatic carbocycles. The van der Waals surface area contributed by atoms with Crippen molar-refractivity contribution in [2.45, 2.75) is 107 Å². The van der Waals surface area contributed by atoms with Gasteiger partial charge >= 0.3 is 5.97 Å². The molecule has 42 heavy (non-hydrogen) atoms. The highest BCUT2D eigenvalue weighted by Gasteiger charge is 2.12. The number of benzene rings is 1. The second-order valence-electron chi connectivity index (χ2n) is 10.3. The van der Waals surface area contributed by atoms with Crippen molar-refractivity contribution in [3.8, 4) is 11.4 Å². The molecule has 0 aliphatic rings. The van der Waals surface area contributed by atoms with E-state index < -0.39 is 5.97 Å². The van der Waals surface area contributed by atoms with Crippen LogP contribution < -0.4 is 10.7 Å². The van der Waals surface area contributed by atoms with Crippen LogP contribution in [0.4, 0.5) is 0 Å². The Bertz CT molecular complexity index is 1260. The Labute approximate surface area is 253 Å². The number of aliphatic carboxylic acids is 1. The van der Waals surface area contributed by atoms with Crippen LogP contribution in [0.2, 0.25) is 0 Å². The Morgan fingerprint density at radius 2 is 1.52 bits per heavy atom. The number of hydrogen-bond acceptors (Lipinski definition) is 5. The zero-order valence-electron chi connectivity index (χ0n) is 27.2. The summed E-state index contributed by atoms with van der Waals surface area (Å²) in [4.78, 5) is 23.1. The number of nitrogens with zero attached hydrogens (tertiary/aromatic N) is 4. The molecule has 0 fully saturated rings. The summed E-state index contributed by atoms with van der Waals surface area (Å²) < 4.78 is 1.93. The summed E-state index contributed by atoms with van der Waals surface area (Å²) in [6.45, 7) is 20.4. The van der Waals surface area contributed by atoms with Gasteiger partial charge in [-0.3, -0.25) is 19.3 Å². The average molecular weight is 579 g/mol. The van der Waals surface area contributed by atoms with Crippen LogP contribution in [0.1, 0.15) is 106 Å². The molecule has 3 aromatic rings. The van der Waals surface area contributed by atoms with Gasteiger partial charge in [0.1, 0.15) is 17.4 Å². The number of phenols is 1. The third kappa shape index (κ3) is 15.9. The summed E-state index contributed by atoms with van der Waals surface area (Å²) in [7, 11) is 0. The summed E-state index contributed by atoms with van der Waals surface area (Å²) >= 11 is 0. The van der Waals surface area contributed by atoms with Crippen LogP contribution in [0.25, 0.3) is 18.0 Å². The number of rotatable bonds is 10. The minimum atomic E-state index is -0.653. The number of phenolic OH excluding ortho intramolecular Hbond substituents is 1. The van der Waals surface area contributed by atoms with E-state index in [1.807, 2.05) is 63.5 Å². The minimum Gasteiger partial charge on any atom is -0.508 e. The molecule has 3 rings (SSSR count). The molecule has 0 aliphatic heterocycles. The van der Waals surface area contributed by atoms with Crippen LogP contribution in [0.5, 0.6) is 5.75 Å². The lowest BCUT2D eigenvalue weighted by molar-refractivity contribution is -0.142. The number of aromatic hydroxyl groups is 1. The molecule has 2 heterocycles. The van der Waals surface area contributed by atoms with Crippen molar-refractivity contribution in [2.24, 2.45) is 10.9 Å². The maximum Gasteiger partial charge on any atom is 0.306 e. The number of carboxylic acids is 1. The SMILES string of the molecule is C=c1/c(=C(/C)N=C(C)C)ncn1-c1ccncc1.CCCC.CCCC(CC)C(=O)O.CCCCc1ccc(O)cc1. The van der Waals surface area contributed by atoms with Gasteiger partial charge < -0.3 is 10.2 Å². The van der Waals surface area contributed by atoms with Crippen LogP contribution in [0, 0.1) is 5.92 Å². The molecule has 0 spiro atoms. The monoisotopic (exact) mass is 578 g/mol. The molecule has 0 radical (unpaired) electrons. The van der Waals surface area contributed by atoms with Gasteiger partial charge in [-0.15, -0.1) is 0 Å². The maximum atomic E-state index is 10.3. The highest BCUT2D eigenvalue weighted by Crippen LogP contribution is 2.11. The predicted octanol–water partition coefficient (Wildman–Crippen LogP) is 7.73. The molecule has 0 bridgehead atoms. The maximum absolute atomic E-state index is 10.3. The molecule has 232 valence electrons. The zero-order chi connectivity index (χ0) is 31.9. The van der Waals surface area contributed by atoms with Gasteiger partial charge in [-0.1, -0.05) is 79.0 Å². The molecule has 2 N–H and O–H groups in total. The third-order valence-corrected chi connectivity index (χ3v) is 6.28. The smallest absolute Gasteiger partial charge is 0.306 e. The topological polar surface area (TPSA) is 101 Å². The fraction of sp³-hybridized carbons (Fsp3) is 0.486. The Kier molecular flexibility index (Phi) is 20.9. The second kappa shape index (κ2) is 22.9. The van der Waals surface area contributed by atoms with Crippen LogP contribution in [0.15, 0.2) is 60.1 Å². The molecular formula is C35H54N4O3. The first-order valence-electron chi connectivity index (χ1n) is 15.2. The average Bonchev–Trinajstić information content (AvgIpc) is 3.37. The van der Waals surface area contributed by atoms with E-state index in [0.717, 1.165) is 53.5 Å². The van der Waals surface area contributed by atoms with Gasteiger partial charge in [0.05, 0.1) is 22.7 Å². The van der Waals surface area contributed by atoms with Gasteiger partial charge in [0.25, 0.3) is 0 Å². The van der Waals surface area contributed by atoms with E-state index >= 15 is 0 Å². The molecule has 7 heteroatoms. The zero-order valence-corrected chi connectivity index (χ0v) is 27.2. The number of aliphatic imine (C=N–C) groups is 1. The molecule has 0 saturated heterocycles. The summed E-state index contributed by atoms with van der Waals surface area (Å²) in [6.07, 6.45) is 14.0. The number of carboxylic acid groups (broad SMARTS) is 1. The van der Waals surface area contributed by atoms with E-state index in [4.69, 9.17) is 10.2 Å². The molecule has 2 aromatic heterocycles. The number of aryl methyl sites for hydroxylation is 1. The fourth-order valence-electron chi connectivity index (χ4n) is 3.69. The quantitative estimate of drug-likeness (QED) is 0.240. The molecule has 0 amide bonds. The van der Waals surface area contributed by atoms with Crippen LogP contribution >= 0.6 is 0 Å². The second-order valence-corrected chi connectivity index (χ2v) is 10.3. The number of hydrogen-bond donors (Lipinski definition) is 2. The van der Waals surface area contributed by atoms with Crippen LogP contribution in [-0.4, -0.2) is 36.4 Å². The lowest BCUT2D eigenvalue weighted by Crippen LogP contribution is -2.29. The first-order valence-corrected chi connectivity index (χ1v) is 15.2. The van der Waals surface area contributed by atoms with Crippen molar-refractivity contribution < 1.29 is 15.0 Å². The van der Waals surface area contributed by atoms with Crippen LogP contribution in [0.3, 0.4) is 0 Å². The lowest BCUT2D eigenvalue weighted by Gasteiger charge is -2.05. The van der Waals surface area contributed by atoms with Gasteiger partial charge in [0, 0.05) is 18.1 Å². The lowest BCUT2D eigenvalue weighted by atomic mass is 10.0. The molecule has 7 nitrogen and oxygen atoms in total. The van der Waals surface area contributed by atoms with Gasteiger partial charge in [0.15, 0.2) is 0 Å². The normalized spacial score (nSPS) is 11.3. The summed E-state index contributed by atoms with van der Waals surface area (Å²) in [6, 6.07) is 11.3. The Morgan fingerprint density at radius 3 is 1.95 bits per heavy atom. The molecule has 1 aromatic carbocycles. The van der Waals surface area contributed by atoms with E-state index in [9.17, 15) is 4.79 Å². The van der Waals surface area contributed by atoms with Crippen molar-refractivity contribution >= 4 is 24.0 Å². The van der Waals surface area contributed by atoms with Gasteiger partial charge in [-0.25, -0.2) is 4.98 Å². The van der Waals surface area contributed by atoms with E-state index in [0.29, 0.717) is 5.75 Å². The fourth-order valence-corrected chi connectivity index (χ4v) is 3.69. The van der Waals surface area contributed by atoms with E-state index in [2.05, 4.69) is 42.3 Å². The molecule has 1 atom stereocenters. The summed E-state index contributed by atoms with van der Waals surface area (Å²) in [5.74, 6) is -0.417. The third-order valence-electron chi connectivity index (χ3n) is 6.28. The first-order chi connectivity index (χ1) is 20.1. The van der Waals surface area contributed by atoms with Crippen molar-refractivity contribution in [2.75, 3.05) is 0 Å². The number of aromatic nitrogens is 3. The molecule has 0 saturated carbocycles. The molecule has 1 unspecified atom stereocenters. The predicted molar refractivity (Wildman–Crippen MR) is 178 cm³/mol. The van der Waals surface area contributed by atoms with Crippen LogP contribution in [-0.2, 0) is 11.2 Å². The van der Waals surface area contributed by atoms with Gasteiger partial charge in [-0.2, -0.15) is 0 Å². The summed E-state index contributed by atoms with van der Waals surface area (Å²) in [5, 5.41) is 19.2. The largest absolute Gasteiger partial charge is 0.508 e. The number of pyridine rings is 1. The number of carbonyl (C=O) groups is 1. The summed E-state index contributed by atoms with van der Waals surface area (Å²) in [5.41, 5.74) is 4.20. The molecular weight excluding hydrogens is 524 g/mol.